The summed E-state index contributed by atoms with van der Waals surface area (Å²) in [7, 11) is 0. The summed E-state index contributed by atoms with van der Waals surface area (Å²) >= 11 is 3.35. The minimum Gasteiger partial charge on any atom is -0.306 e. The molecule has 1 aromatic carbocycles. The highest BCUT2D eigenvalue weighted by Crippen LogP contribution is 2.32. The van der Waals surface area contributed by atoms with Crippen molar-refractivity contribution in [3.8, 4) is 6.07 Å². The Kier molecular flexibility index (Phi) is 3.46. The van der Waals surface area contributed by atoms with Crippen LogP contribution >= 0.6 is 15.9 Å². The quantitative estimate of drug-likeness (QED) is 0.868. The molecule has 2 aromatic rings. The first-order valence-corrected chi connectivity index (χ1v) is 6.26. The molecule has 0 aliphatic heterocycles. The number of halogens is 1. The summed E-state index contributed by atoms with van der Waals surface area (Å²) in [4.78, 5) is 4.13. The van der Waals surface area contributed by atoms with Crippen LogP contribution in [0.1, 0.15) is 16.7 Å². The van der Waals surface area contributed by atoms with Crippen LogP contribution in [0.2, 0.25) is 0 Å². The van der Waals surface area contributed by atoms with E-state index in [0.29, 0.717) is 10.2 Å². The third-order valence-electron chi connectivity index (χ3n) is 2.93. The van der Waals surface area contributed by atoms with Crippen LogP contribution in [0.5, 0.6) is 0 Å². The van der Waals surface area contributed by atoms with Crippen molar-refractivity contribution in [1.29, 1.82) is 5.26 Å². The number of benzene rings is 1. The SMILES string of the molecule is Cc1ccccc1C(N)(C#N)c1cccnc1Br. The second-order valence-electron chi connectivity index (χ2n) is 4.08. The summed E-state index contributed by atoms with van der Waals surface area (Å²) in [6, 6.07) is 13.4. The van der Waals surface area contributed by atoms with Crippen LogP contribution in [0.25, 0.3) is 0 Å². The fourth-order valence-corrected chi connectivity index (χ4v) is 2.52. The molecule has 0 fully saturated rings. The average Bonchev–Trinajstić information content (AvgIpc) is 2.39. The molecule has 0 radical (unpaired) electrons. The number of aryl methyl sites for hydroxylation is 1. The van der Waals surface area contributed by atoms with E-state index in [4.69, 9.17) is 5.73 Å². The van der Waals surface area contributed by atoms with Crippen LogP contribution in [0.3, 0.4) is 0 Å². The molecule has 1 aromatic heterocycles. The molecule has 0 aliphatic rings. The highest BCUT2D eigenvalue weighted by atomic mass is 79.9. The maximum absolute atomic E-state index is 9.52. The van der Waals surface area contributed by atoms with Gasteiger partial charge in [-0.25, -0.2) is 4.98 Å². The summed E-state index contributed by atoms with van der Waals surface area (Å²) in [6.07, 6.45) is 1.66. The van der Waals surface area contributed by atoms with Crippen LogP contribution in [0, 0.1) is 18.3 Å². The van der Waals surface area contributed by atoms with Crippen LogP contribution in [0.4, 0.5) is 0 Å². The van der Waals surface area contributed by atoms with Crippen molar-refractivity contribution in [2.45, 2.75) is 12.5 Å². The average molecular weight is 302 g/mol. The molecule has 2 rings (SSSR count). The zero-order chi connectivity index (χ0) is 13.2. The van der Waals surface area contributed by atoms with Crippen LogP contribution in [-0.2, 0) is 5.54 Å². The first-order chi connectivity index (χ1) is 8.59. The van der Waals surface area contributed by atoms with E-state index >= 15 is 0 Å². The molecule has 3 nitrogen and oxygen atoms in total. The number of nitriles is 1. The number of hydrogen-bond acceptors (Lipinski definition) is 3. The Hall–Kier alpha value is -1.70. The van der Waals surface area contributed by atoms with Gasteiger partial charge >= 0.3 is 0 Å². The van der Waals surface area contributed by atoms with E-state index in [1.807, 2.05) is 37.3 Å². The predicted molar refractivity (Wildman–Crippen MR) is 73.7 cm³/mol. The number of hydrogen-bond donors (Lipinski definition) is 1. The fourth-order valence-electron chi connectivity index (χ4n) is 1.96. The van der Waals surface area contributed by atoms with Crippen LogP contribution in [-0.4, -0.2) is 4.98 Å². The van der Waals surface area contributed by atoms with E-state index < -0.39 is 5.54 Å². The summed E-state index contributed by atoms with van der Waals surface area (Å²) in [6.45, 7) is 1.94. The number of nitrogens with two attached hydrogens (primary N) is 1. The zero-order valence-electron chi connectivity index (χ0n) is 9.89. The topological polar surface area (TPSA) is 62.7 Å². The molecule has 0 aliphatic carbocycles. The lowest BCUT2D eigenvalue weighted by atomic mass is 9.83. The van der Waals surface area contributed by atoms with Gasteiger partial charge in [-0.05, 0) is 40.0 Å². The summed E-state index contributed by atoms with van der Waals surface area (Å²) in [5.41, 5.74) is 7.56. The van der Waals surface area contributed by atoms with Crippen LogP contribution < -0.4 is 5.73 Å². The third-order valence-corrected chi connectivity index (χ3v) is 3.56. The van der Waals surface area contributed by atoms with Crippen molar-refractivity contribution in [3.05, 3.63) is 63.9 Å². The summed E-state index contributed by atoms with van der Waals surface area (Å²) in [5.74, 6) is 0. The van der Waals surface area contributed by atoms with E-state index in [2.05, 4.69) is 27.0 Å². The fraction of sp³-hybridized carbons (Fsp3) is 0.143. The number of aromatic nitrogens is 1. The van der Waals surface area contributed by atoms with E-state index in [1.165, 1.54) is 0 Å². The molecule has 0 spiro atoms. The van der Waals surface area contributed by atoms with Gasteiger partial charge in [0.15, 0.2) is 5.54 Å². The molecule has 90 valence electrons. The highest BCUT2D eigenvalue weighted by Gasteiger charge is 2.33. The smallest absolute Gasteiger partial charge is 0.158 e. The van der Waals surface area contributed by atoms with Gasteiger partial charge in [-0.15, -0.1) is 0 Å². The Labute approximate surface area is 114 Å². The molecule has 0 amide bonds. The zero-order valence-corrected chi connectivity index (χ0v) is 11.5. The molecule has 4 heteroatoms. The molecule has 0 saturated heterocycles. The van der Waals surface area contributed by atoms with Gasteiger partial charge in [-0.3, -0.25) is 0 Å². The summed E-state index contributed by atoms with van der Waals surface area (Å²) in [5, 5.41) is 9.52. The van der Waals surface area contributed by atoms with Gasteiger partial charge in [0.05, 0.1) is 6.07 Å². The van der Waals surface area contributed by atoms with Crippen molar-refractivity contribution in [2.75, 3.05) is 0 Å². The lowest BCUT2D eigenvalue weighted by Gasteiger charge is -2.25. The minimum absolute atomic E-state index is 0.595. The van der Waals surface area contributed by atoms with Crippen molar-refractivity contribution >= 4 is 15.9 Å². The van der Waals surface area contributed by atoms with E-state index in [-0.39, 0.29) is 0 Å². The largest absolute Gasteiger partial charge is 0.306 e. The van der Waals surface area contributed by atoms with Crippen molar-refractivity contribution in [1.82, 2.24) is 4.98 Å². The molecule has 0 bridgehead atoms. The molecule has 1 unspecified atom stereocenters. The Morgan fingerprint density at radius 3 is 2.50 bits per heavy atom. The van der Waals surface area contributed by atoms with E-state index in [1.54, 1.807) is 12.3 Å². The Morgan fingerprint density at radius 2 is 1.89 bits per heavy atom. The van der Waals surface area contributed by atoms with Crippen LogP contribution in [0.15, 0.2) is 47.2 Å². The second-order valence-corrected chi connectivity index (χ2v) is 4.83. The van der Waals surface area contributed by atoms with Gasteiger partial charge in [0.1, 0.15) is 4.60 Å². The van der Waals surface area contributed by atoms with Gasteiger partial charge in [-0.2, -0.15) is 5.26 Å². The summed E-state index contributed by atoms with van der Waals surface area (Å²) < 4.78 is 0.595. The molecule has 1 atom stereocenters. The molecule has 2 N–H and O–H groups in total. The van der Waals surface area contributed by atoms with Crippen molar-refractivity contribution in [3.63, 3.8) is 0 Å². The van der Waals surface area contributed by atoms with Gasteiger partial charge in [0, 0.05) is 11.8 Å². The molecular weight excluding hydrogens is 290 g/mol. The monoisotopic (exact) mass is 301 g/mol. The van der Waals surface area contributed by atoms with E-state index in [0.717, 1.165) is 11.1 Å². The second kappa shape index (κ2) is 4.89. The normalized spacial score (nSPS) is 13.7. The van der Waals surface area contributed by atoms with Gasteiger partial charge in [0.25, 0.3) is 0 Å². The van der Waals surface area contributed by atoms with E-state index in [9.17, 15) is 5.26 Å². The standard InChI is InChI=1S/C14H12BrN3/c1-10-5-2-3-6-11(10)14(17,9-16)12-7-4-8-18-13(12)15/h2-8H,17H2,1H3. The first kappa shape index (κ1) is 12.7. The lowest BCUT2D eigenvalue weighted by Crippen LogP contribution is -2.37. The third kappa shape index (κ3) is 2.03. The Balaban J connectivity index is 2.68. The Morgan fingerprint density at radius 1 is 1.22 bits per heavy atom. The van der Waals surface area contributed by atoms with Gasteiger partial charge < -0.3 is 5.73 Å². The number of pyridine rings is 1. The van der Waals surface area contributed by atoms with Gasteiger partial charge in [-0.1, -0.05) is 30.3 Å². The molecule has 18 heavy (non-hydrogen) atoms. The Bertz CT molecular complexity index is 571. The lowest BCUT2D eigenvalue weighted by molar-refractivity contribution is 0.683. The van der Waals surface area contributed by atoms with Crippen molar-refractivity contribution in [2.24, 2.45) is 5.73 Å². The van der Waals surface area contributed by atoms with Gasteiger partial charge in [0.2, 0.25) is 0 Å². The molecular formula is C14H12BrN3. The minimum atomic E-state index is -1.20. The maximum Gasteiger partial charge on any atom is 0.158 e. The van der Waals surface area contributed by atoms with Crippen molar-refractivity contribution < 1.29 is 0 Å². The predicted octanol–water partition coefficient (Wildman–Crippen LogP) is 2.88. The maximum atomic E-state index is 9.52. The first-order valence-electron chi connectivity index (χ1n) is 5.47. The molecule has 1 heterocycles. The number of rotatable bonds is 2. The number of nitrogens with zero attached hydrogens (tertiary/aromatic N) is 2. The molecule has 0 saturated carbocycles. The highest BCUT2D eigenvalue weighted by molar-refractivity contribution is 9.10.